The number of hydrogen-bond donors (Lipinski definition) is 1. The number of nitrogens with zero attached hydrogens (tertiary/aromatic N) is 1. The van der Waals surface area contributed by atoms with Gasteiger partial charge in [-0.2, -0.15) is 0 Å². The van der Waals surface area contributed by atoms with Crippen molar-refractivity contribution in [1.29, 1.82) is 0 Å². The highest BCUT2D eigenvalue weighted by Crippen LogP contribution is 2.23. The van der Waals surface area contributed by atoms with Crippen LogP contribution in [0.5, 0.6) is 0 Å². The van der Waals surface area contributed by atoms with Crippen molar-refractivity contribution in [3.05, 3.63) is 41.4 Å². The van der Waals surface area contributed by atoms with Gasteiger partial charge in [-0.05, 0) is 38.5 Å². The predicted molar refractivity (Wildman–Crippen MR) is 76.2 cm³/mol. The molecule has 0 saturated heterocycles. The standard InChI is InChI=1S/C14H21ClN2/c1-5-8-17(14(2,3)4)10-11-6-7-13(16)12(15)9-11/h5-7,9H,1,8,10,16H2,2-4H3. The van der Waals surface area contributed by atoms with E-state index >= 15 is 0 Å². The Morgan fingerprint density at radius 3 is 2.53 bits per heavy atom. The lowest BCUT2D eigenvalue weighted by Crippen LogP contribution is -2.40. The normalized spacial score (nSPS) is 11.8. The molecule has 0 amide bonds. The van der Waals surface area contributed by atoms with Crippen LogP contribution >= 0.6 is 11.6 Å². The van der Waals surface area contributed by atoms with Crippen LogP contribution in [0.15, 0.2) is 30.9 Å². The molecule has 0 fully saturated rings. The van der Waals surface area contributed by atoms with Crippen molar-refractivity contribution in [3.63, 3.8) is 0 Å². The van der Waals surface area contributed by atoms with Gasteiger partial charge in [0.15, 0.2) is 0 Å². The molecule has 0 aromatic heterocycles. The van der Waals surface area contributed by atoms with Crippen molar-refractivity contribution in [1.82, 2.24) is 4.90 Å². The Morgan fingerprint density at radius 2 is 2.06 bits per heavy atom. The lowest BCUT2D eigenvalue weighted by molar-refractivity contribution is 0.145. The van der Waals surface area contributed by atoms with Gasteiger partial charge >= 0.3 is 0 Å². The Labute approximate surface area is 109 Å². The fourth-order valence-corrected chi connectivity index (χ4v) is 1.82. The van der Waals surface area contributed by atoms with Crippen LogP contribution in [0.3, 0.4) is 0 Å². The first-order valence-corrected chi connectivity index (χ1v) is 6.12. The van der Waals surface area contributed by atoms with Gasteiger partial charge in [0, 0.05) is 18.6 Å². The summed E-state index contributed by atoms with van der Waals surface area (Å²) >= 11 is 6.02. The van der Waals surface area contributed by atoms with Crippen molar-refractivity contribution in [2.24, 2.45) is 0 Å². The van der Waals surface area contributed by atoms with E-state index < -0.39 is 0 Å². The third kappa shape index (κ3) is 4.06. The molecule has 0 aliphatic rings. The minimum atomic E-state index is 0.0993. The molecular formula is C14H21ClN2. The maximum atomic E-state index is 6.02. The summed E-state index contributed by atoms with van der Waals surface area (Å²) in [6, 6.07) is 5.80. The number of halogens is 1. The smallest absolute Gasteiger partial charge is 0.0638 e. The van der Waals surface area contributed by atoms with E-state index in [0.717, 1.165) is 13.1 Å². The van der Waals surface area contributed by atoms with E-state index in [2.05, 4.69) is 32.3 Å². The molecular weight excluding hydrogens is 232 g/mol. The minimum absolute atomic E-state index is 0.0993. The minimum Gasteiger partial charge on any atom is -0.398 e. The second-order valence-corrected chi connectivity index (χ2v) is 5.60. The molecule has 1 aromatic carbocycles. The molecule has 0 aliphatic heterocycles. The zero-order chi connectivity index (χ0) is 13.1. The highest BCUT2D eigenvalue weighted by atomic mass is 35.5. The monoisotopic (exact) mass is 252 g/mol. The highest BCUT2D eigenvalue weighted by molar-refractivity contribution is 6.33. The summed E-state index contributed by atoms with van der Waals surface area (Å²) in [5.74, 6) is 0. The van der Waals surface area contributed by atoms with E-state index in [1.165, 1.54) is 5.56 Å². The van der Waals surface area contributed by atoms with Crippen LogP contribution in [0.4, 0.5) is 5.69 Å². The van der Waals surface area contributed by atoms with Gasteiger partial charge in [-0.25, -0.2) is 0 Å². The van der Waals surface area contributed by atoms with E-state index in [1.54, 1.807) is 0 Å². The molecule has 3 heteroatoms. The number of nitrogen functional groups attached to an aromatic ring is 1. The summed E-state index contributed by atoms with van der Waals surface area (Å²) in [5, 5.41) is 0.620. The molecule has 0 radical (unpaired) electrons. The van der Waals surface area contributed by atoms with E-state index in [0.29, 0.717) is 10.7 Å². The van der Waals surface area contributed by atoms with Gasteiger partial charge in [0.2, 0.25) is 0 Å². The fraction of sp³-hybridized carbons (Fsp3) is 0.429. The van der Waals surface area contributed by atoms with Crippen molar-refractivity contribution < 1.29 is 0 Å². The molecule has 2 N–H and O–H groups in total. The first kappa shape index (κ1) is 14.1. The van der Waals surface area contributed by atoms with Gasteiger partial charge in [0.1, 0.15) is 0 Å². The fourth-order valence-electron chi connectivity index (χ4n) is 1.62. The van der Waals surface area contributed by atoms with Crippen molar-refractivity contribution in [3.8, 4) is 0 Å². The quantitative estimate of drug-likeness (QED) is 0.654. The lowest BCUT2D eigenvalue weighted by Gasteiger charge is -2.35. The van der Waals surface area contributed by atoms with Gasteiger partial charge in [0.25, 0.3) is 0 Å². The third-order valence-corrected chi connectivity index (χ3v) is 3.06. The summed E-state index contributed by atoms with van der Waals surface area (Å²) in [4.78, 5) is 2.34. The lowest BCUT2D eigenvalue weighted by atomic mass is 10.0. The second kappa shape index (κ2) is 5.56. The van der Waals surface area contributed by atoms with Crippen LogP contribution in [0.1, 0.15) is 26.3 Å². The topological polar surface area (TPSA) is 29.3 Å². The van der Waals surface area contributed by atoms with Gasteiger partial charge in [-0.15, -0.1) is 6.58 Å². The highest BCUT2D eigenvalue weighted by Gasteiger charge is 2.20. The molecule has 0 unspecified atom stereocenters. The van der Waals surface area contributed by atoms with E-state index in [9.17, 15) is 0 Å². The van der Waals surface area contributed by atoms with Crippen molar-refractivity contribution in [2.75, 3.05) is 12.3 Å². The largest absolute Gasteiger partial charge is 0.398 e. The molecule has 0 saturated carbocycles. The maximum absolute atomic E-state index is 6.02. The summed E-state index contributed by atoms with van der Waals surface area (Å²) in [6.45, 7) is 12.1. The summed E-state index contributed by atoms with van der Waals surface area (Å²) < 4.78 is 0. The Kier molecular flexibility index (Phi) is 4.61. The SMILES string of the molecule is C=CCN(Cc1ccc(N)c(Cl)c1)C(C)(C)C. The van der Waals surface area contributed by atoms with Crippen LogP contribution in [0, 0.1) is 0 Å². The second-order valence-electron chi connectivity index (χ2n) is 5.20. The molecule has 0 bridgehead atoms. The molecule has 17 heavy (non-hydrogen) atoms. The number of anilines is 1. The Morgan fingerprint density at radius 1 is 1.41 bits per heavy atom. The first-order chi connectivity index (χ1) is 7.84. The Bertz CT molecular complexity index is 394. The molecule has 1 rings (SSSR count). The number of benzene rings is 1. The van der Waals surface area contributed by atoms with Crippen molar-refractivity contribution in [2.45, 2.75) is 32.9 Å². The van der Waals surface area contributed by atoms with Gasteiger partial charge in [0.05, 0.1) is 10.7 Å². The summed E-state index contributed by atoms with van der Waals surface area (Å²) in [6.07, 6.45) is 1.92. The molecule has 2 nitrogen and oxygen atoms in total. The molecule has 0 aliphatic carbocycles. The average Bonchev–Trinajstić information content (AvgIpc) is 2.21. The molecule has 0 heterocycles. The van der Waals surface area contributed by atoms with Gasteiger partial charge < -0.3 is 5.73 Å². The summed E-state index contributed by atoms with van der Waals surface area (Å²) in [7, 11) is 0. The molecule has 0 atom stereocenters. The first-order valence-electron chi connectivity index (χ1n) is 5.74. The molecule has 1 aromatic rings. The Hall–Kier alpha value is -0.990. The maximum Gasteiger partial charge on any atom is 0.0638 e. The summed E-state index contributed by atoms with van der Waals surface area (Å²) in [5.41, 5.74) is 7.60. The number of hydrogen-bond acceptors (Lipinski definition) is 2. The van der Waals surface area contributed by atoms with E-state index in [-0.39, 0.29) is 5.54 Å². The Balaban J connectivity index is 2.86. The van der Waals surface area contributed by atoms with Crippen LogP contribution in [0.2, 0.25) is 5.02 Å². The van der Waals surface area contributed by atoms with Gasteiger partial charge in [-0.3, -0.25) is 4.90 Å². The van der Waals surface area contributed by atoms with Gasteiger partial charge in [-0.1, -0.05) is 23.7 Å². The van der Waals surface area contributed by atoms with Crippen LogP contribution < -0.4 is 5.73 Å². The molecule has 0 spiro atoms. The number of nitrogens with two attached hydrogens (primary N) is 1. The zero-order valence-electron chi connectivity index (χ0n) is 10.8. The number of rotatable bonds is 4. The zero-order valence-corrected chi connectivity index (χ0v) is 11.6. The predicted octanol–water partition coefficient (Wildman–Crippen LogP) is 3.71. The van der Waals surface area contributed by atoms with Crippen LogP contribution in [-0.2, 0) is 6.54 Å². The molecule has 94 valence electrons. The van der Waals surface area contributed by atoms with Crippen LogP contribution in [-0.4, -0.2) is 17.0 Å². The van der Waals surface area contributed by atoms with E-state index in [4.69, 9.17) is 17.3 Å². The van der Waals surface area contributed by atoms with Crippen LogP contribution in [0.25, 0.3) is 0 Å². The van der Waals surface area contributed by atoms with E-state index in [1.807, 2.05) is 24.3 Å². The third-order valence-electron chi connectivity index (χ3n) is 2.74. The van der Waals surface area contributed by atoms with Crippen molar-refractivity contribution >= 4 is 17.3 Å². The average molecular weight is 253 g/mol.